The lowest BCUT2D eigenvalue weighted by atomic mass is 10.1. The van der Waals surface area contributed by atoms with Gasteiger partial charge in [-0.05, 0) is 25.0 Å². The van der Waals surface area contributed by atoms with Gasteiger partial charge < -0.3 is 14.6 Å². The number of hydrogen-bond donors (Lipinski definition) is 1. The highest BCUT2D eigenvalue weighted by atomic mass is 16.5. The van der Waals surface area contributed by atoms with Gasteiger partial charge >= 0.3 is 5.97 Å². The van der Waals surface area contributed by atoms with Crippen LogP contribution in [0.25, 0.3) is 0 Å². The number of carbonyl (C=O) groups is 1. The van der Waals surface area contributed by atoms with Gasteiger partial charge in [0.15, 0.2) is 11.5 Å². The fourth-order valence-electron chi connectivity index (χ4n) is 2.14. The van der Waals surface area contributed by atoms with Crippen LogP contribution >= 0.6 is 0 Å². The summed E-state index contributed by atoms with van der Waals surface area (Å²) < 4.78 is 10.6. The normalized spacial score (nSPS) is 10.5. The average molecular weight is 308 g/mol. The summed E-state index contributed by atoms with van der Waals surface area (Å²) in [6.45, 7) is 5.02. The largest absolute Gasteiger partial charge is 0.504 e. The van der Waals surface area contributed by atoms with Gasteiger partial charge in [-0.1, -0.05) is 52.0 Å². The molecule has 0 amide bonds. The molecule has 0 heterocycles. The fourth-order valence-corrected chi connectivity index (χ4v) is 2.14. The van der Waals surface area contributed by atoms with Crippen LogP contribution in [0.15, 0.2) is 18.2 Å². The van der Waals surface area contributed by atoms with Gasteiger partial charge in [-0.2, -0.15) is 0 Å². The van der Waals surface area contributed by atoms with Crippen molar-refractivity contribution < 1.29 is 19.4 Å². The van der Waals surface area contributed by atoms with Crippen molar-refractivity contribution in [3.8, 4) is 11.5 Å². The Labute approximate surface area is 133 Å². The predicted molar refractivity (Wildman–Crippen MR) is 87.6 cm³/mol. The van der Waals surface area contributed by atoms with Crippen LogP contribution in [0.4, 0.5) is 0 Å². The number of para-hydroxylation sites is 1. The molecule has 0 radical (unpaired) electrons. The highest BCUT2D eigenvalue weighted by Gasteiger charge is 2.16. The maximum Gasteiger partial charge on any atom is 0.342 e. The minimum Gasteiger partial charge on any atom is -0.504 e. The number of phenolic OH excluding ortho intramolecular Hbond substituents is 1. The Hall–Kier alpha value is -1.71. The maximum absolute atomic E-state index is 11.8. The molecule has 0 saturated carbocycles. The van der Waals surface area contributed by atoms with E-state index in [1.165, 1.54) is 25.7 Å². The fraction of sp³-hybridized carbons (Fsp3) is 0.611. The molecular weight excluding hydrogens is 280 g/mol. The van der Waals surface area contributed by atoms with Crippen molar-refractivity contribution in [2.45, 2.75) is 58.8 Å². The van der Waals surface area contributed by atoms with E-state index in [-0.39, 0.29) is 11.3 Å². The van der Waals surface area contributed by atoms with E-state index in [0.29, 0.717) is 19.0 Å². The molecule has 0 atom stereocenters. The molecule has 0 fully saturated rings. The number of phenols is 1. The van der Waals surface area contributed by atoms with Crippen molar-refractivity contribution in [3.05, 3.63) is 23.8 Å². The van der Waals surface area contributed by atoms with Crippen molar-refractivity contribution in [1.29, 1.82) is 0 Å². The molecule has 1 N–H and O–H groups in total. The van der Waals surface area contributed by atoms with Crippen LogP contribution in [-0.4, -0.2) is 24.3 Å². The number of aromatic hydroxyl groups is 1. The number of esters is 1. The van der Waals surface area contributed by atoms with E-state index >= 15 is 0 Å². The van der Waals surface area contributed by atoms with E-state index in [0.717, 1.165) is 19.3 Å². The molecule has 4 nitrogen and oxygen atoms in total. The first kappa shape index (κ1) is 18.3. The van der Waals surface area contributed by atoms with Crippen molar-refractivity contribution in [2.24, 2.45) is 0 Å². The predicted octanol–water partition coefficient (Wildman–Crippen LogP) is 4.70. The van der Waals surface area contributed by atoms with Gasteiger partial charge in [0.25, 0.3) is 0 Å². The summed E-state index contributed by atoms with van der Waals surface area (Å²) >= 11 is 0. The van der Waals surface area contributed by atoms with Crippen LogP contribution in [0.2, 0.25) is 0 Å². The van der Waals surface area contributed by atoms with E-state index < -0.39 is 5.97 Å². The molecular formula is C18H28O4. The molecule has 4 heteroatoms. The Morgan fingerprint density at radius 3 is 2.45 bits per heavy atom. The summed E-state index contributed by atoms with van der Waals surface area (Å²) in [5.74, 6) is -0.293. The van der Waals surface area contributed by atoms with Gasteiger partial charge in [-0.25, -0.2) is 4.79 Å². The molecule has 0 aliphatic carbocycles. The SMILES string of the molecule is CCCCCCCCOc1cccc(C(=O)OCCC)c1O. The summed E-state index contributed by atoms with van der Waals surface area (Å²) in [4.78, 5) is 11.8. The van der Waals surface area contributed by atoms with Crippen LogP contribution in [0.5, 0.6) is 11.5 Å². The lowest BCUT2D eigenvalue weighted by Crippen LogP contribution is -2.07. The maximum atomic E-state index is 11.8. The van der Waals surface area contributed by atoms with Crippen molar-refractivity contribution >= 4 is 5.97 Å². The smallest absolute Gasteiger partial charge is 0.342 e. The second-order valence-electron chi connectivity index (χ2n) is 5.40. The van der Waals surface area contributed by atoms with Crippen molar-refractivity contribution in [1.82, 2.24) is 0 Å². The van der Waals surface area contributed by atoms with E-state index in [9.17, 15) is 9.90 Å². The number of benzene rings is 1. The number of rotatable bonds is 11. The zero-order valence-corrected chi connectivity index (χ0v) is 13.8. The molecule has 0 unspecified atom stereocenters. The molecule has 124 valence electrons. The second-order valence-corrected chi connectivity index (χ2v) is 5.40. The van der Waals surface area contributed by atoms with Crippen LogP contribution in [0, 0.1) is 0 Å². The zero-order valence-electron chi connectivity index (χ0n) is 13.8. The Bertz CT molecular complexity index is 443. The topological polar surface area (TPSA) is 55.8 Å². The molecule has 0 saturated heterocycles. The third kappa shape index (κ3) is 6.37. The van der Waals surface area contributed by atoms with Gasteiger partial charge in [0.1, 0.15) is 5.56 Å². The summed E-state index contributed by atoms with van der Waals surface area (Å²) in [5.41, 5.74) is 0.161. The summed E-state index contributed by atoms with van der Waals surface area (Å²) in [6, 6.07) is 4.91. The number of ether oxygens (including phenoxy) is 2. The Morgan fingerprint density at radius 2 is 1.73 bits per heavy atom. The molecule has 1 aromatic carbocycles. The van der Waals surface area contributed by atoms with Crippen molar-refractivity contribution in [3.63, 3.8) is 0 Å². The van der Waals surface area contributed by atoms with Crippen LogP contribution in [0.1, 0.15) is 69.2 Å². The van der Waals surface area contributed by atoms with E-state index in [1.807, 2.05) is 6.92 Å². The minimum absolute atomic E-state index is 0.130. The zero-order chi connectivity index (χ0) is 16.2. The highest BCUT2D eigenvalue weighted by Crippen LogP contribution is 2.30. The lowest BCUT2D eigenvalue weighted by Gasteiger charge is -2.11. The molecule has 0 aliphatic heterocycles. The summed E-state index contributed by atoms with van der Waals surface area (Å²) in [6.07, 6.45) is 7.83. The third-order valence-electron chi connectivity index (χ3n) is 3.41. The quantitative estimate of drug-likeness (QED) is 0.475. The Morgan fingerprint density at radius 1 is 1.00 bits per heavy atom. The van der Waals surface area contributed by atoms with Crippen LogP contribution in [0.3, 0.4) is 0 Å². The molecule has 22 heavy (non-hydrogen) atoms. The molecule has 1 aromatic rings. The Kier molecular flexibility index (Phi) is 9.12. The van der Waals surface area contributed by atoms with E-state index in [2.05, 4.69) is 6.92 Å². The molecule has 1 rings (SSSR count). The first-order chi connectivity index (χ1) is 10.7. The van der Waals surface area contributed by atoms with E-state index in [4.69, 9.17) is 9.47 Å². The monoisotopic (exact) mass is 308 g/mol. The lowest BCUT2D eigenvalue weighted by molar-refractivity contribution is 0.0501. The third-order valence-corrected chi connectivity index (χ3v) is 3.41. The standard InChI is InChI=1S/C18H28O4/c1-3-5-6-7-8-9-14-21-16-12-10-11-15(17(16)19)18(20)22-13-4-2/h10-12,19H,3-9,13-14H2,1-2H3. The van der Waals surface area contributed by atoms with Gasteiger partial charge in [-0.15, -0.1) is 0 Å². The molecule has 0 bridgehead atoms. The molecule has 0 aliphatic rings. The average Bonchev–Trinajstić information content (AvgIpc) is 2.53. The summed E-state index contributed by atoms with van der Waals surface area (Å²) in [5, 5.41) is 10.1. The van der Waals surface area contributed by atoms with Gasteiger partial charge in [-0.3, -0.25) is 0 Å². The summed E-state index contributed by atoms with van der Waals surface area (Å²) in [7, 11) is 0. The Balaban J connectivity index is 2.42. The van der Waals surface area contributed by atoms with E-state index in [1.54, 1.807) is 18.2 Å². The van der Waals surface area contributed by atoms with Gasteiger partial charge in [0, 0.05) is 0 Å². The molecule has 0 aromatic heterocycles. The second kappa shape index (κ2) is 10.9. The first-order valence-electron chi connectivity index (χ1n) is 8.32. The minimum atomic E-state index is -0.510. The number of carbonyl (C=O) groups excluding carboxylic acids is 1. The van der Waals surface area contributed by atoms with Gasteiger partial charge in [0.05, 0.1) is 13.2 Å². The first-order valence-corrected chi connectivity index (χ1v) is 8.32. The van der Waals surface area contributed by atoms with Crippen LogP contribution in [-0.2, 0) is 4.74 Å². The number of hydrogen-bond acceptors (Lipinski definition) is 4. The van der Waals surface area contributed by atoms with Crippen molar-refractivity contribution in [2.75, 3.05) is 13.2 Å². The molecule has 0 spiro atoms. The number of unbranched alkanes of at least 4 members (excludes halogenated alkanes) is 5. The highest BCUT2D eigenvalue weighted by molar-refractivity contribution is 5.93. The van der Waals surface area contributed by atoms with Crippen LogP contribution < -0.4 is 4.74 Å². The van der Waals surface area contributed by atoms with Gasteiger partial charge in [0.2, 0.25) is 0 Å².